The molecule has 43 heavy (non-hydrogen) atoms. The third-order valence-electron chi connectivity index (χ3n) is 8.04. The van der Waals surface area contributed by atoms with Crippen LogP contribution in [0.3, 0.4) is 0 Å². The molecule has 2 aliphatic rings. The van der Waals surface area contributed by atoms with Crippen molar-refractivity contribution < 1.29 is 28.5 Å². The molecule has 0 saturated carbocycles. The molecular weight excluding hydrogens is 550 g/mol. The molecule has 0 radical (unpaired) electrons. The van der Waals surface area contributed by atoms with Crippen molar-refractivity contribution in [1.82, 2.24) is 19.4 Å². The summed E-state index contributed by atoms with van der Waals surface area (Å²) in [6.45, 7) is 6.74. The number of pyridine rings is 1. The lowest BCUT2D eigenvalue weighted by molar-refractivity contribution is -0.141. The minimum Gasteiger partial charge on any atom is -0.493 e. The molecule has 4 heterocycles. The number of methoxy groups -OCH3 is 2. The number of benzene rings is 1. The van der Waals surface area contributed by atoms with Gasteiger partial charge in [0.25, 0.3) is 0 Å². The number of unbranched alkanes of at least 4 members (excludes halogenated alkanes) is 2. The minimum atomic E-state index is -0.113. The standard InChI is InChI=1S/C32H43N5O6/c1-4-5-6-17-43-29-19-25(8-9-28(29)41-3)37-14-7-13-36(32(37)39)20-24-10-12-33-31-27(24)11-15-35(31)22-30(38)34-16-18-42-26(21-34)23-40-2/h8-12,15,19,26H,4-7,13-14,16-18,20-23H2,1-3H3/t26-/m1/s1. The number of ether oxygens (including phenoxy) is 4. The molecule has 2 saturated heterocycles. The van der Waals surface area contributed by atoms with Crippen LogP contribution >= 0.6 is 0 Å². The maximum atomic E-state index is 13.7. The van der Waals surface area contributed by atoms with E-state index < -0.39 is 0 Å². The Morgan fingerprint density at radius 3 is 2.79 bits per heavy atom. The minimum absolute atomic E-state index is 0.0177. The summed E-state index contributed by atoms with van der Waals surface area (Å²) in [5, 5.41) is 0.937. The van der Waals surface area contributed by atoms with E-state index in [1.165, 1.54) is 0 Å². The summed E-state index contributed by atoms with van der Waals surface area (Å²) < 4.78 is 24.3. The van der Waals surface area contributed by atoms with Crippen molar-refractivity contribution in [1.29, 1.82) is 0 Å². The van der Waals surface area contributed by atoms with E-state index in [2.05, 4.69) is 11.9 Å². The Hall–Kier alpha value is -3.83. The van der Waals surface area contributed by atoms with Crippen LogP contribution in [0.2, 0.25) is 0 Å². The van der Waals surface area contributed by atoms with Crippen molar-refractivity contribution in [3.63, 3.8) is 0 Å². The Bertz CT molecular complexity index is 1390. The normalized spacial score (nSPS) is 17.5. The monoisotopic (exact) mass is 593 g/mol. The van der Waals surface area contributed by atoms with E-state index >= 15 is 0 Å². The fraction of sp³-hybridized carbons (Fsp3) is 0.531. The largest absolute Gasteiger partial charge is 0.493 e. The highest BCUT2D eigenvalue weighted by Crippen LogP contribution is 2.34. The zero-order valence-electron chi connectivity index (χ0n) is 25.5. The highest BCUT2D eigenvalue weighted by atomic mass is 16.5. The molecule has 3 aromatic rings. The Morgan fingerprint density at radius 1 is 1.09 bits per heavy atom. The van der Waals surface area contributed by atoms with Crippen LogP contribution in [0.1, 0.15) is 38.2 Å². The Balaban J connectivity index is 1.27. The van der Waals surface area contributed by atoms with Crippen molar-refractivity contribution in [2.45, 2.75) is 51.8 Å². The van der Waals surface area contributed by atoms with Gasteiger partial charge in [-0.3, -0.25) is 9.69 Å². The number of nitrogens with zero attached hydrogens (tertiary/aromatic N) is 5. The van der Waals surface area contributed by atoms with Crippen LogP contribution in [0.25, 0.3) is 11.0 Å². The molecule has 232 valence electrons. The number of urea groups is 1. The number of carbonyl (C=O) groups is 2. The maximum Gasteiger partial charge on any atom is 0.324 e. The van der Waals surface area contributed by atoms with E-state index in [4.69, 9.17) is 18.9 Å². The van der Waals surface area contributed by atoms with Gasteiger partial charge in [0, 0.05) is 69.4 Å². The highest BCUT2D eigenvalue weighted by molar-refractivity contribution is 5.93. The molecule has 0 unspecified atom stereocenters. The highest BCUT2D eigenvalue weighted by Gasteiger charge is 2.29. The smallest absolute Gasteiger partial charge is 0.324 e. The van der Waals surface area contributed by atoms with Crippen LogP contribution in [-0.2, 0) is 27.4 Å². The van der Waals surface area contributed by atoms with Crippen molar-refractivity contribution in [3.05, 3.63) is 48.3 Å². The molecule has 3 amide bonds. The van der Waals surface area contributed by atoms with Crippen LogP contribution in [0.4, 0.5) is 10.5 Å². The Labute approximate surface area is 253 Å². The topological polar surface area (TPSA) is 98.6 Å². The number of hydrogen-bond acceptors (Lipinski definition) is 7. The lowest BCUT2D eigenvalue weighted by atomic mass is 10.1. The quantitative estimate of drug-likeness (QED) is 0.272. The molecule has 0 spiro atoms. The van der Waals surface area contributed by atoms with Gasteiger partial charge in [-0.15, -0.1) is 0 Å². The molecule has 1 aromatic carbocycles. The number of rotatable bonds is 13. The first-order valence-electron chi connectivity index (χ1n) is 15.2. The molecule has 11 heteroatoms. The van der Waals surface area contributed by atoms with Gasteiger partial charge in [-0.2, -0.15) is 0 Å². The molecule has 1 atom stereocenters. The number of amides is 3. The summed E-state index contributed by atoms with van der Waals surface area (Å²) in [7, 11) is 3.26. The lowest BCUT2D eigenvalue weighted by Crippen LogP contribution is -2.49. The van der Waals surface area contributed by atoms with Gasteiger partial charge in [0.05, 0.1) is 33.0 Å². The SMILES string of the molecule is CCCCCOc1cc(N2CCCN(Cc3ccnc4c3ccn4CC(=O)N3CCO[C@@H](COC)C3)C2=O)ccc1OC. The summed E-state index contributed by atoms with van der Waals surface area (Å²) >= 11 is 0. The van der Waals surface area contributed by atoms with Crippen molar-refractivity contribution in [2.75, 3.05) is 65.1 Å². The average molecular weight is 594 g/mol. The number of carbonyl (C=O) groups excluding carboxylic acids is 2. The van der Waals surface area contributed by atoms with Crippen LogP contribution in [0, 0.1) is 0 Å². The van der Waals surface area contributed by atoms with Crippen molar-refractivity contribution >= 4 is 28.7 Å². The number of anilines is 1. The molecule has 5 rings (SSSR count). The van der Waals surface area contributed by atoms with Crippen molar-refractivity contribution in [2.24, 2.45) is 0 Å². The predicted octanol–water partition coefficient (Wildman–Crippen LogP) is 4.32. The van der Waals surface area contributed by atoms with Gasteiger partial charge >= 0.3 is 6.03 Å². The summed E-state index contributed by atoms with van der Waals surface area (Å²) in [6.07, 6.45) is 7.58. The van der Waals surface area contributed by atoms with Gasteiger partial charge in [-0.1, -0.05) is 19.8 Å². The summed E-state index contributed by atoms with van der Waals surface area (Å²) in [6, 6.07) is 9.56. The summed E-state index contributed by atoms with van der Waals surface area (Å²) in [4.78, 5) is 36.9. The van der Waals surface area contributed by atoms with Crippen LogP contribution in [-0.4, -0.2) is 97.6 Å². The number of morpholine rings is 1. The van der Waals surface area contributed by atoms with Crippen LogP contribution in [0.5, 0.6) is 11.5 Å². The van der Waals surface area contributed by atoms with E-state index in [1.807, 2.05) is 55.8 Å². The van der Waals surface area contributed by atoms with Crippen LogP contribution < -0.4 is 14.4 Å². The molecule has 2 fully saturated rings. The molecule has 0 N–H and O–H groups in total. The van der Waals surface area contributed by atoms with Crippen LogP contribution in [0.15, 0.2) is 42.7 Å². The third kappa shape index (κ3) is 7.22. The average Bonchev–Trinajstić information content (AvgIpc) is 3.44. The fourth-order valence-corrected chi connectivity index (χ4v) is 5.74. The zero-order chi connectivity index (χ0) is 30.2. The van der Waals surface area contributed by atoms with E-state index in [9.17, 15) is 9.59 Å². The predicted molar refractivity (Wildman–Crippen MR) is 164 cm³/mol. The van der Waals surface area contributed by atoms with Crippen molar-refractivity contribution in [3.8, 4) is 11.5 Å². The van der Waals surface area contributed by atoms with Gasteiger partial charge < -0.3 is 33.3 Å². The van der Waals surface area contributed by atoms with E-state index in [0.29, 0.717) is 64.0 Å². The molecule has 0 aliphatic carbocycles. The first kappa shape index (κ1) is 30.6. The summed E-state index contributed by atoms with van der Waals surface area (Å²) in [5.41, 5.74) is 2.52. The summed E-state index contributed by atoms with van der Waals surface area (Å²) in [5.74, 6) is 1.33. The van der Waals surface area contributed by atoms with E-state index in [-0.39, 0.29) is 24.6 Å². The Morgan fingerprint density at radius 2 is 1.98 bits per heavy atom. The molecule has 2 aliphatic heterocycles. The van der Waals surface area contributed by atoms with Gasteiger partial charge in [0.1, 0.15) is 12.2 Å². The van der Waals surface area contributed by atoms with E-state index in [0.717, 1.165) is 48.0 Å². The maximum absolute atomic E-state index is 13.7. The van der Waals surface area contributed by atoms with Gasteiger partial charge in [0.15, 0.2) is 11.5 Å². The third-order valence-corrected chi connectivity index (χ3v) is 8.04. The number of aromatic nitrogens is 2. The number of hydrogen-bond donors (Lipinski definition) is 0. The zero-order valence-corrected chi connectivity index (χ0v) is 25.5. The van der Waals surface area contributed by atoms with Gasteiger partial charge in [-0.25, -0.2) is 9.78 Å². The molecule has 0 bridgehead atoms. The lowest BCUT2D eigenvalue weighted by Gasteiger charge is -2.36. The number of fused-ring (bicyclic) bond motifs is 1. The fourth-order valence-electron chi connectivity index (χ4n) is 5.74. The first-order chi connectivity index (χ1) is 21.0. The second-order valence-electron chi connectivity index (χ2n) is 11.0. The molecule has 2 aromatic heterocycles. The first-order valence-corrected chi connectivity index (χ1v) is 15.2. The Kier molecular flexibility index (Phi) is 10.4. The second-order valence-corrected chi connectivity index (χ2v) is 11.0. The van der Waals surface area contributed by atoms with Gasteiger partial charge in [0.2, 0.25) is 5.91 Å². The molecule has 11 nitrogen and oxygen atoms in total. The molecular formula is C32H43N5O6. The van der Waals surface area contributed by atoms with Gasteiger partial charge in [-0.05, 0) is 42.7 Å². The van der Waals surface area contributed by atoms with E-state index in [1.54, 1.807) is 20.4 Å². The second kappa shape index (κ2) is 14.6.